The minimum atomic E-state index is 0.349. The number of nitrogens with one attached hydrogen (secondary N) is 1. The van der Waals surface area contributed by atoms with Gasteiger partial charge < -0.3 is 5.32 Å². The number of fused-ring (bicyclic) bond motifs is 3. The fraction of sp³-hybridized carbons (Fsp3) is 0.300. The van der Waals surface area contributed by atoms with Crippen molar-refractivity contribution < 1.29 is 0 Å². The molecule has 0 bridgehead atoms. The summed E-state index contributed by atoms with van der Waals surface area (Å²) in [5.41, 5.74) is 4.35. The molecule has 1 aliphatic carbocycles. The molecular formula is C20H21NS. The Balaban J connectivity index is 1.84. The molecule has 2 aromatic rings. The maximum absolute atomic E-state index is 3.53. The van der Waals surface area contributed by atoms with Crippen molar-refractivity contribution in [3.63, 3.8) is 0 Å². The highest BCUT2D eigenvalue weighted by atomic mass is 32.1. The summed E-state index contributed by atoms with van der Waals surface area (Å²) in [6, 6.07) is 9.16. The molecule has 1 unspecified atom stereocenters. The highest BCUT2D eigenvalue weighted by Crippen LogP contribution is 2.41. The molecule has 112 valence electrons. The van der Waals surface area contributed by atoms with E-state index in [-0.39, 0.29) is 0 Å². The summed E-state index contributed by atoms with van der Waals surface area (Å²) in [7, 11) is 0. The third kappa shape index (κ3) is 2.22. The van der Waals surface area contributed by atoms with Crippen LogP contribution >= 0.6 is 11.3 Å². The van der Waals surface area contributed by atoms with Crippen molar-refractivity contribution in [1.82, 2.24) is 5.32 Å². The molecule has 2 heteroatoms. The van der Waals surface area contributed by atoms with E-state index in [0.717, 1.165) is 0 Å². The van der Waals surface area contributed by atoms with E-state index in [9.17, 15) is 0 Å². The van der Waals surface area contributed by atoms with Gasteiger partial charge in [-0.05, 0) is 60.5 Å². The van der Waals surface area contributed by atoms with Gasteiger partial charge >= 0.3 is 0 Å². The van der Waals surface area contributed by atoms with Crippen LogP contribution in [0.4, 0.5) is 0 Å². The molecule has 0 fully saturated rings. The Labute approximate surface area is 136 Å². The lowest BCUT2D eigenvalue weighted by atomic mass is 9.80. The Morgan fingerprint density at radius 1 is 1.27 bits per heavy atom. The number of benzene rings is 1. The quantitative estimate of drug-likeness (QED) is 0.794. The highest BCUT2D eigenvalue weighted by Gasteiger charge is 2.27. The third-order valence-corrected chi connectivity index (χ3v) is 6.04. The van der Waals surface area contributed by atoms with E-state index in [1.807, 2.05) is 11.3 Å². The second kappa shape index (κ2) is 5.44. The Kier molecular flexibility index (Phi) is 3.42. The third-order valence-electron chi connectivity index (χ3n) is 4.83. The average molecular weight is 307 g/mol. The largest absolute Gasteiger partial charge is 0.381 e. The zero-order chi connectivity index (χ0) is 15.1. The van der Waals surface area contributed by atoms with Crippen molar-refractivity contribution in [2.75, 3.05) is 0 Å². The van der Waals surface area contributed by atoms with Gasteiger partial charge in [0.15, 0.2) is 0 Å². The monoisotopic (exact) mass is 307 g/mol. The van der Waals surface area contributed by atoms with Crippen LogP contribution in [0, 0.1) is 5.92 Å². The molecule has 0 amide bonds. The Hall–Kier alpha value is -1.80. The van der Waals surface area contributed by atoms with E-state index < -0.39 is 0 Å². The molecule has 1 N–H and O–H groups in total. The Bertz CT molecular complexity index is 806. The van der Waals surface area contributed by atoms with Gasteiger partial charge in [-0.25, -0.2) is 0 Å². The number of dihydropyridines is 1. The van der Waals surface area contributed by atoms with Crippen molar-refractivity contribution in [2.45, 2.75) is 32.7 Å². The van der Waals surface area contributed by atoms with Gasteiger partial charge in [0.05, 0.1) is 6.04 Å². The number of hydrogen-bond donors (Lipinski definition) is 1. The smallest absolute Gasteiger partial charge is 0.0664 e. The average Bonchev–Trinajstić information content (AvgIpc) is 2.91. The molecule has 1 aromatic heterocycles. The molecule has 0 saturated carbocycles. The SMILES string of the molecule is CC[C@@H]1Cc2sc3ccccc3c2C=C1C1C=C(C)C=CN1. The minimum absolute atomic E-state index is 0.349. The standard InChI is InChI=1S/C20H21NS/c1-3-14-11-20-17(15-6-4-5-7-19(15)22-20)12-16(14)18-10-13(2)8-9-21-18/h4-10,12,14,18,21H,3,11H2,1-2H3/t14-,18?/m1/s1. The first kappa shape index (κ1) is 13.8. The van der Waals surface area contributed by atoms with Crippen LogP contribution in [0.5, 0.6) is 0 Å². The van der Waals surface area contributed by atoms with Crippen molar-refractivity contribution in [1.29, 1.82) is 0 Å². The molecule has 4 rings (SSSR count). The molecule has 2 atom stereocenters. The predicted octanol–water partition coefficient (Wildman–Crippen LogP) is 5.30. The predicted molar refractivity (Wildman–Crippen MR) is 97.1 cm³/mol. The zero-order valence-electron chi connectivity index (χ0n) is 13.1. The second-order valence-corrected chi connectivity index (χ2v) is 7.41. The summed E-state index contributed by atoms with van der Waals surface area (Å²) >= 11 is 1.97. The van der Waals surface area contributed by atoms with E-state index in [4.69, 9.17) is 0 Å². The van der Waals surface area contributed by atoms with E-state index in [0.29, 0.717) is 12.0 Å². The van der Waals surface area contributed by atoms with Gasteiger partial charge in [-0.2, -0.15) is 0 Å². The number of allylic oxidation sites excluding steroid dienone is 2. The van der Waals surface area contributed by atoms with Gasteiger partial charge in [0.25, 0.3) is 0 Å². The minimum Gasteiger partial charge on any atom is -0.381 e. The summed E-state index contributed by atoms with van der Waals surface area (Å²) in [5.74, 6) is 0.647. The van der Waals surface area contributed by atoms with Gasteiger partial charge in [0.1, 0.15) is 0 Å². The molecular weight excluding hydrogens is 286 g/mol. The van der Waals surface area contributed by atoms with Crippen molar-refractivity contribution in [2.24, 2.45) is 5.92 Å². The first-order chi connectivity index (χ1) is 10.8. The fourth-order valence-corrected chi connectivity index (χ4v) is 4.88. The Morgan fingerprint density at radius 2 is 2.14 bits per heavy atom. The van der Waals surface area contributed by atoms with Gasteiger partial charge in [-0.1, -0.05) is 42.8 Å². The summed E-state index contributed by atoms with van der Waals surface area (Å²) in [6.45, 7) is 4.49. The van der Waals surface area contributed by atoms with Crippen LogP contribution in [0.3, 0.4) is 0 Å². The van der Waals surface area contributed by atoms with Gasteiger partial charge in [0.2, 0.25) is 0 Å². The van der Waals surface area contributed by atoms with Gasteiger partial charge in [0, 0.05) is 9.58 Å². The number of thiophene rings is 1. The van der Waals surface area contributed by atoms with Crippen LogP contribution in [0.15, 0.2) is 53.8 Å². The van der Waals surface area contributed by atoms with E-state index in [2.05, 4.69) is 67.9 Å². The molecule has 1 nitrogen and oxygen atoms in total. The lowest BCUT2D eigenvalue weighted by Gasteiger charge is -2.30. The molecule has 0 radical (unpaired) electrons. The molecule has 2 aliphatic rings. The Morgan fingerprint density at radius 3 is 2.95 bits per heavy atom. The van der Waals surface area contributed by atoms with Crippen LogP contribution in [-0.4, -0.2) is 6.04 Å². The van der Waals surface area contributed by atoms with E-state index in [1.54, 1.807) is 10.5 Å². The van der Waals surface area contributed by atoms with Crippen LogP contribution in [0.25, 0.3) is 16.2 Å². The van der Waals surface area contributed by atoms with Crippen LogP contribution in [0.1, 0.15) is 30.7 Å². The molecule has 0 saturated heterocycles. The number of hydrogen-bond acceptors (Lipinski definition) is 2. The topological polar surface area (TPSA) is 12.0 Å². The first-order valence-corrected chi connectivity index (χ1v) is 8.91. The normalized spacial score (nSPS) is 23.7. The van der Waals surface area contributed by atoms with E-state index >= 15 is 0 Å². The van der Waals surface area contributed by atoms with Gasteiger partial charge in [-0.15, -0.1) is 11.3 Å². The maximum Gasteiger partial charge on any atom is 0.0664 e. The summed E-state index contributed by atoms with van der Waals surface area (Å²) in [6.07, 6.45) is 11.4. The maximum atomic E-state index is 3.53. The first-order valence-electron chi connectivity index (χ1n) is 8.09. The van der Waals surface area contributed by atoms with Crippen LogP contribution < -0.4 is 5.32 Å². The lowest BCUT2D eigenvalue weighted by Crippen LogP contribution is -2.31. The molecule has 22 heavy (non-hydrogen) atoms. The van der Waals surface area contributed by atoms with Crippen LogP contribution in [0.2, 0.25) is 0 Å². The summed E-state index contributed by atoms with van der Waals surface area (Å²) in [4.78, 5) is 1.56. The van der Waals surface area contributed by atoms with Crippen molar-refractivity contribution >= 4 is 27.5 Å². The zero-order valence-corrected chi connectivity index (χ0v) is 13.9. The molecule has 1 aliphatic heterocycles. The fourth-order valence-electron chi connectivity index (χ4n) is 3.62. The molecule has 0 spiro atoms. The summed E-state index contributed by atoms with van der Waals surface area (Å²) < 4.78 is 1.42. The highest BCUT2D eigenvalue weighted by molar-refractivity contribution is 7.19. The second-order valence-electron chi connectivity index (χ2n) is 6.28. The number of rotatable bonds is 2. The van der Waals surface area contributed by atoms with Gasteiger partial charge in [-0.3, -0.25) is 0 Å². The van der Waals surface area contributed by atoms with E-state index in [1.165, 1.54) is 34.1 Å². The van der Waals surface area contributed by atoms with Crippen molar-refractivity contribution in [3.05, 3.63) is 64.2 Å². The van der Waals surface area contributed by atoms with Crippen molar-refractivity contribution in [3.8, 4) is 0 Å². The van der Waals surface area contributed by atoms with Crippen LogP contribution in [-0.2, 0) is 6.42 Å². The molecule has 2 heterocycles. The lowest BCUT2D eigenvalue weighted by molar-refractivity contribution is 0.544. The molecule has 1 aromatic carbocycles. The summed E-state index contributed by atoms with van der Waals surface area (Å²) in [5, 5.41) is 4.95.